The Morgan fingerprint density at radius 1 is 1.21 bits per heavy atom. The van der Waals surface area contributed by atoms with Gasteiger partial charge < -0.3 is 15.5 Å². The molecule has 2 rings (SSSR count). The second kappa shape index (κ2) is 8.65. The molecule has 1 aliphatic rings. The van der Waals surface area contributed by atoms with Crippen molar-refractivity contribution in [2.75, 3.05) is 19.6 Å². The number of hydrogen-bond acceptors (Lipinski definition) is 4. The van der Waals surface area contributed by atoms with Crippen LogP contribution in [0.2, 0.25) is 0 Å². The summed E-state index contributed by atoms with van der Waals surface area (Å²) in [5.74, 6) is -0.582. The van der Waals surface area contributed by atoms with Gasteiger partial charge in [0.1, 0.15) is 5.69 Å². The molecule has 2 heterocycles. The van der Waals surface area contributed by atoms with E-state index in [0.717, 1.165) is 18.3 Å². The summed E-state index contributed by atoms with van der Waals surface area (Å²) in [5, 5.41) is 0. The highest BCUT2D eigenvalue weighted by atomic mass is 35.5. The number of nitrogens with zero attached hydrogens (tertiary/aromatic N) is 3. The summed E-state index contributed by atoms with van der Waals surface area (Å²) >= 11 is 0. The number of carbonyl (C=O) groups is 2. The van der Waals surface area contributed by atoms with Crippen molar-refractivity contribution in [3.8, 4) is 0 Å². The van der Waals surface area contributed by atoms with Crippen LogP contribution in [0.4, 0.5) is 13.2 Å². The lowest BCUT2D eigenvalue weighted by Gasteiger charge is -2.47. The highest BCUT2D eigenvalue weighted by Gasteiger charge is 2.40. The van der Waals surface area contributed by atoms with Crippen molar-refractivity contribution in [3.63, 3.8) is 0 Å². The summed E-state index contributed by atoms with van der Waals surface area (Å²) in [4.78, 5) is 31.8. The number of halogens is 4. The number of piperazine rings is 1. The number of alkyl halides is 3. The maximum absolute atomic E-state index is 12.8. The van der Waals surface area contributed by atoms with E-state index in [1.165, 1.54) is 0 Å². The molecule has 2 amide bonds. The minimum atomic E-state index is -4.55. The first-order valence-electron chi connectivity index (χ1n) is 8.74. The van der Waals surface area contributed by atoms with Crippen LogP contribution in [0.15, 0.2) is 18.3 Å². The Balaban J connectivity index is 0.00000392. The number of carbonyl (C=O) groups excluding carboxylic acids is 2. The molecule has 10 heteroatoms. The SMILES string of the molecule is CC(C)[C@H](N)C(=O)N1CCN(C(=O)c2ccc(C(F)(F)F)nc2)C(C)(C)C1.Cl. The van der Waals surface area contributed by atoms with Crippen LogP contribution < -0.4 is 5.73 Å². The van der Waals surface area contributed by atoms with Gasteiger partial charge in [-0.05, 0) is 31.9 Å². The maximum atomic E-state index is 12.8. The lowest BCUT2D eigenvalue weighted by Crippen LogP contribution is -2.64. The van der Waals surface area contributed by atoms with Gasteiger partial charge in [0, 0.05) is 25.8 Å². The number of aromatic nitrogens is 1. The average molecular weight is 423 g/mol. The zero-order valence-corrected chi connectivity index (χ0v) is 17.1. The summed E-state index contributed by atoms with van der Waals surface area (Å²) in [7, 11) is 0. The van der Waals surface area contributed by atoms with Crippen molar-refractivity contribution in [1.82, 2.24) is 14.8 Å². The average Bonchev–Trinajstić information content (AvgIpc) is 2.58. The number of rotatable bonds is 3. The minimum absolute atomic E-state index is 0. The van der Waals surface area contributed by atoms with Gasteiger partial charge in [0.25, 0.3) is 5.91 Å². The van der Waals surface area contributed by atoms with Crippen LogP contribution >= 0.6 is 12.4 Å². The van der Waals surface area contributed by atoms with Gasteiger partial charge in [-0.2, -0.15) is 13.2 Å². The molecule has 1 aliphatic heterocycles. The van der Waals surface area contributed by atoms with Crippen LogP contribution in [0.25, 0.3) is 0 Å². The van der Waals surface area contributed by atoms with Crippen molar-refractivity contribution in [2.24, 2.45) is 11.7 Å². The molecule has 0 aliphatic carbocycles. The molecule has 0 saturated carbocycles. The number of nitrogens with two attached hydrogens (primary N) is 1. The molecule has 1 atom stereocenters. The number of hydrogen-bond donors (Lipinski definition) is 1. The Labute approximate surface area is 168 Å². The standard InChI is InChI=1S/C18H25F3N4O2.ClH/c1-11(2)14(22)16(27)24-7-8-25(17(3,4)10-24)15(26)12-5-6-13(23-9-12)18(19,20)21;/h5-6,9,11,14H,7-8,10,22H2,1-4H3;1H/t14-;/m0./s1. The maximum Gasteiger partial charge on any atom is 0.433 e. The van der Waals surface area contributed by atoms with Crippen LogP contribution in [-0.2, 0) is 11.0 Å². The lowest BCUT2D eigenvalue weighted by molar-refractivity contribution is -0.141. The second-order valence-corrected chi connectivity index (χ2v) is 7.73. The predicted octanol–water partition coefficient (Wildman–Crippen LogP) is 2.57. The first kappa shape index (κ1) is 24.2. The van der Waals surface area contributed by atoms with Gasteiger partial charge in [-0.15, -0.1) is 12.4 Å². The lowest BCUT2D eigenvalue weighted by atomic mass is 9.95. The molecule has 1 saturated heterocycles. The van der Waals surface area contributed by atoms with E-state index in [2.05, 4.69) is 4.98 Å². The molecule has 28 heavy (non-hydrogen) atoms. The van der Waals surface area contributed by atoms with Gasteiger partial charge >= 0.3 is 6.18 Å². The Morgan fingerprint density at radius 3 is 2.25 bits per heavy atom. The van der Waals surface area contributed by atoms with E-state index in [-0.39, 0.29) is 36.3 Å². The second-order valence-electron chi connectivity index (χ2n) is 7.73. The Kier molecular flexibility index (Phi) is 7.47. The van der Waals surface area contributed by atoms with Crippen molar-refractivity contribution in [2.45, 2.75) is 45.5 Å². The first-order valence-corrected chi connectivity index (χ1v) is 8.74. The van der Waals surface area contributed by atoms with Crippen molar-refractivity contribution in [3.05, 3.63) is 29.6 Å². The quantitative estimate of drug-likeness (QED) is 0.811. The largest absolute Gasteiger partial charge is 0.433 e. The molecular formula is C18H26ClF3N4O2. The molecule has 6 nitrogen and oxygen atoms in total. The highest BCUT2D eigenvalue weighted by molar-refractivity contribution is 5.94. The molecule has 1 fully saturated rings. The molecule has 0 unspecified atom stereocenters. The monoisotopic (exact) mass is 422 g/mol. The molecule has 158 valence electrons. The molecule has 0 radical (unpaired) electrons. The van der Waals surface area contributed by atoms with Crippen molar-refractivity contribution >= 4 is 24.2 Å². The summed E-state index contributed by atoms with van der Waals surface area (Å²) < 4.78 is 37.9. The third-order valence-electron chi connectivity index (χ3n) is 4.76. The van der Waals surface area contributed by atoms with Gasteiger partial charge in [0.2, 0.25) is 5.91 Å². The van der Waals surface area contributed by atoms with Gasteiger partial charge in [-0.1, -0.05) is 13.8 Å². The molecule has 1 aromatic heterocycles. The predicted molar refractivity (Wildman–Crippen MR) is 101 cm³/mol. The van der Waals surface area contributed by atoms with E-state index in [9.17, 15) is 22.8 Å². The summed E-state index contributed by atoms with van der Waals surface area (Å²) in [6, 6.07) is 1.31. The Morgan fingerprint density at radius 2 is 1.82 bits per heavy atom. The smallest absolute Gasteiger partial charge is 0.337 e. The third kappa shape index (κ3) is 5.14. The fraction of sp³-hybridized carbons (Fsp3) is 0.611. The van der Waals surface area contributed by atoms with E-state index < -0.39 is 29.4 Å². The fourth-order valence-corrected chi connectivity index (χ4v) is 3.06. The minimum Gasteiger partial charge on any atom is -0.337 e. The fourth-order valence-electron chi connectivity index (χ4n) is 3.06. The topological polar surface area (TPSA) is 79.5 Å². The molecule has 0 bridgehead atoms. The summed E-state index contributed by atoms with van der Waals surface area (Å²) in [6.07, 6.45) is -3.62. The third-order valence-corrected chi connectivity index (χ3v) is 4.76. The first-order chi connectivity index (χ1) is 12.3. The van der Waals surface area contributed by atoms with Crippen molar-refractivity contribution in [1.29, 1.82) is 0 Å². The highest BCUT2D eigenvalue weighted by Crippen LogP contribution is 2.28. The zero-order valence-electron chi connectivity index (χ0n) is 16.3. The van der Waals surface area contributed by atoms with Gasteiger partial charge in [-0.25, -0.2) is 0 Å². The molecular weight excluding hydrogens is 397 g/mol. The molecule has 2 N–H and O–H groups in total. The van der Waals surface area contributed by atoms with Crippen LogP contribution in [0.1, 0.15) is 43.7 Å². The molecule has 1 aromatic rings. The van der Waals surface area contributed by atoms with Crippen molar-refractivity contribution < 1.29 is 22.8 Å². The van der Waals surface area contributed by atoms with Crippen LogP contribution in [-0.4, -0.2) is 57.8 Å². The van der Waals surface area contributed by atoms with Gasteiger partial charge in [0.05, 0.1) is 17.1 Å². The summed E-state index contributed by atoms with van der Waals surface area (Å²) in [5.41, 5.74) is 4.29. The zero-order chi connectivity index (χ0) is 20.6. The van der Waals surface area contributed by atoms with Crippen LogP contribution in [0.3, 0.4) is 0 Å². The Bertz CT molecular complexity index is 708. The van der Waals surface area contributed by atoms with E-state index >= 15 is 0 Å². The van der Waals surface area contributed by atoms with E-state index in [1.54, 1.807) is 9.80 Å². The van der Waals surface area contributed by atoms with Crippen LogP contribution in [0.5, 0.6) is 0 Å². The van der Waals surface area contributed by atoms with E-state index in [4.69, 9.17) is 5.73 Å². The van der Waals surface area contributed by atoms with E-state index in [0.29, 0.717) is 13.1 Å². The molecule has 0 spiro atoms. The number of pyridine rings is 1. The number of amides is 2. The normalized spacial score (nSPS) is 17.9. The molecule has 0 aromatic carbocycles. The van der Waals surface area contributed by atoms with Gasteiger partial charge in [0.15, 0.2) is 0 Å². The van der Waals surface area contributed by atoms with E-state index in [1.807, 2.05) is 27.7 Å². The van der Waals surface area contributed by atoms with Gasteiger partial charge in [-0.3, -0.25) is 14.6 Å². The van der Waals surface area contributed by atoms with Crippen LogP contribution in [0, 0.1) is 5.92 Å². The summed E-state index contributed by atoms with van der Waals surface area (Å²) in [6.45, 7) is 8.24. The Hall–Kier alpha value is -1.87.